The number of rotatable bonds is 7. The Hall–Kier alpha value is -2.83. The number of carbonyl (C=O) groups excluding carboxylic acids is 2. The Morgan fingerprint density at radius 1 is 1.07 bits per heavy atom. The van der Waals surface area contributed by atoms with E-state index in [2.05, 4.69) is 5.32 Å². The van der Waals surface area contributed by atoms with Crippen molar-refractivity contribution in [2.75, 3.05) is 0 Å². The van der Waals surface area contributed by atoms with Crippen LogP contribution in [-0.4, -0.2) is 12.4 Å². The fraction of sp³-hybridized carbons (Fsp3) is 0.333. The summed E-state index contributed by atoms with van der Waals surface area (Å²) in [5.41, 5.74) is 0.392. The molecule has 0 unspecified atom stereocenters. The Labute approximate surface area is 161 Å². The maximum atomic E-state index is 12.8. The van der Waals surface area contributed by atoms with Crippen molar-refractivity contribution in [2.24, 2.45) is 11.8 Å². The van der Waals surface area contributed by atoms with E-state index in [1.807, 2.05) is 18.2 Å². The van der Waals surface area contributed by atoms with Gasteiger partial charge >= 0.3 is 12.3 Å². The lowest BCUT2D eigenvalue weighted by atomic mass is 9.85. The molecule has 7 heteroatoms. The summed E-state index contributed by atoms with van der Waals surface area (Å²) in [5, 5.41) is 2.62. The molecule has 0 saturated heterocycles. The van der Waals surface area contributed by atoms with Crippen LogP contribution in [0.3, 0.4) is 0 Å². The third-order valence-corrected chi connectivity index (χ3v) is 4.40. The van der Waals surface area contributed by atoms with E-state index in [1.165, 1.54) is 12.1 Å². The van der Waals surface area contributed by atoms with E-state index >= 15 is 0 Å². The zero-order chi connectivity index (χ0) is 20.7. The smallest absolute Gasteiger partial charge is 0.416 e. The van der Waals surface area contributed by atoms with Gasteiger partial charge in [-0.05, 0) is 29.2 Å². The van der Waals surface area contributed by atoms with Gasteiger partial charge in [-0.2, -0.15) is 13.2 Å². The van der Waals surface area contributed by atoms with Gasteiger partial charge in [0, 0.05) is 5.92 Å². The quantitative estimate of drug-likeness (QED) is 0.663. The van der Waals surface area contributed by atoms with Crippen molar-refractivity contribution in [1.82, 2.24) is 5.32 Å². The van der Waals surface area contributed by atoms with Gasteiger partial charge in [0.25, 0.3) is 0 Å². The molecular formula is C21H22F3NO3. The maximum absolute atomic E-state index is 12.8. The number of nitrogens with one attached hydrogen (secondary N) is 1. The minimum absolute atomic E-state index is 0.0415. The summed E-state index contributed by atoms with van der Waals surface area (Å²) < 4.78 is 43.6. The van der Waals surface area contributed by atoms with E-state index in [0.29, 0.717) is 11.8 Å². The molecule has 0 bridgehead atoms. The molecule has 0 aromatic heterocycles. The molecule has 2 atom stereocenters. The first-order chi connectivity index (χ1) is 13.2. The summed E-state index contributed by atoms with van der Waals surface area (Å²) in [4.78, 5) is 23.8. The zero-order valence-electron chi connectivity index (χ0n) is 15.6. The molecule has 1 amide bonds. The predicted octanol–water partition coefficient (Wildman–Crippen LogP) is 5.14. The SMILES string of the molecule is CC(C)[C@H](C=O)[C@H](NC(=O)OCc1ccccc1)c1ccc(C(F)(F)F)cc1. The van der Waals surface area contributed by atoms with Crippen LogP contribution in [0.25, 0.3) is 0 Å². The normalized spacial score (nSPS) is 13.6. The van der Waals surface area contributed by atoms with Gasteiger partial charge < -0.3 is 14.8 Å². The summed E-state index contributed by atoms with van der Waals surface area (Å²) in [5.74, 6) is -0.764. The lowest BCUT2D eigenvalue weighted by molar-refractivity contribution is -0.137. The van der Waals surface area contributed by atoms with Crippen molar-refractivity contribution in [1.29, 1.82) is 0 Å². The Bertz CT molecular complexity index is 774. The van der Waals surface area contributed by atoms with Gasteiger partial charge in [-0.3, -0.25) is 0 Å². The lowest BCUT2D eigenvalue weighted by Gasteiger charge is -2.27. The van der Waals surface area contributed by atoms with E-state index in [9.17, 15) is 22.8 Å². The highest BCUT2D eigenvalue weighted by Crippen LogP contribution is 2.32. The van der Waals surface area contributed by atoms with Crippen molar-refractivity contribution in [3.8, 4) is 0 Å². The molecule has 0 aliphatic carbocycles. The second-order valence-electron chi connectivity index (χ2n) is 6.76. The first-order valence-corrected chi connectivity index (χ1v) is 8.82. The molecule has 2 aromatic rings. The molecule has 0 aliphatic rings. The number of aldehydes is 1. The topological polar surface area (TPSA) is 55.4 Å². The summed E-state index contributed by atoms with van der Waals surface area (Å²) in [6, 6.07) is 12.6. The van der Waals surface area contributed by atoms with Crippen LogP contribution in [0.5, 0.6) is 0 Å². The second kappa shape index (κ2) is 9.39. The number of hydrogen-bond acceptors (Lipinski definition) is 3. The van der Waals surface area contributed by atoms with Gasteiger partial charge in [-0.25, -0.2) is 4.79 Å². The van der Waals surface area contributed by atoms with E-state index in [1.54, 1.807) is 26.0 Å². The van der Waals surface area contributed by atoms with Gasteiger partial charge in [0.2, 0.25) is 0 Å². The molecule has 28 heavy (non-hydrogen) atoms. The summed E-state index contributed by atoms with van der Waals surface area (Å²) in [7, 11) is 0. The van der Waals surface area contributed by atoms with Crippen LogP contribution in [-0.2, 0) is 22.3 Å². The highest BCUT2D eigenvalue weighted by Gasteiger charge is 2.32. The molecule has 1 N–H and O–H groups in total. The molecule has 0 spiro atoms. The predicted molar refractivity (Wildman–Crippen MR) is 98.3 cm³/mol. The number of amides is 1. The Morgan fingerprint density at radius 3 is 2.18 bits per heavy atom. The first-order valence-electron chi connectivity index (χ1n) is 8.82. The van der Waals surface area contributed by atoms with Crippen molar-refractivity contribution in [3.05, 3.63) is 71.3 Å². The van der Waals surface area contributed by atoms with Crippen LogP contribution in [0.2, 0.25) is 0 Å². The molecule has 2 aromatic carbocycles. The molecule has 0 radical (unpaired) electrons. The minimum Gasteiger partial charge on any atom is -0.445 e. The molecule has 0 heterocycles. The molecule has 4 nitrogen and oxygen atoms in total. The molecular weight excluding hydrogens is 371 g/mol. The number of carbonyl (C=O) groups is 2. The standard InChI is InChI=1S/C21H22F3NO3/c1-14(2)18(12-26)19(16-8-10-17(11-9-16)21(22,23)24)25-20(27)28-13-15-6-4-3-5-7-15/h3-12,14,18-19H,13H2,1-2H3,(H,25,27)/t18-,19+/m0/s1. The van der Waals surface area contributed by atoms with E-state index in [4.69, 9.17) is 4.74 Å². The average Bonchev–Trinajstić information content (AvgIpc) is 2.66. The number of benzene rings is 2. The first kappa shape index (κ1) is 21.5. The minimum atomic E-state index is -4.46. The van der Waals surface area contributed by atoms with Crippen LogP contribution in [0.15, 0.2) is 54.6 Å². The number of halogens is 3. The van der Waals surface area contributed by atoms with Crippen LogP contribution in [0, 0.1) is 11.8 Å². The van der Waals surface area contributed by atoms with E-state index in [0.717, 1.165) is 17.7 Å². The van der Waals surface area contributed by atoms with E-state index < -0.39 is 29.8 Å². The Balaban J connectivity index is 2.17. The average molecular weight is 393 g/mol. The Kier molecular flexibility index (Phi) is 7.20. The highest BCUT2D eigenvalue weighted by atomic mass is 19.4. The zero-order valence-corrected chi connectivity index (χ0v) is 15.6. The van der Waals surface area contributed by atoms with Crippen LogP contribution < -0.4 is 5.32 Å². The van der Waals surface area contributed by atoms with Crippen LogP contribution in [0.4, 0.5) is 18.0 Å². The molecule has 2 rings (SSSR count). The maximum Gasteiger partial charge on any atom is 0.416 e. The fourth-order valence-electron chi connectivity index (χ4n) is 2.79. The Morgan fingerprint density at radius 2 is 1.68 bits per heavy atom. The van der Waals surface area contributed by atoms with Crippen molar-refractivity contribution >= 4 is 12.4 Å². The lowest BCUT2D eigenvalue weighted by Crippen LogP contribution is -2.36. The molecule has 0 fully saturated rings. The molecule has 0 saturated carbocycles. The highest BCUT2D eigenvalue weighted by molar-refractivity contribution is 5.69. The fourth-order valence-corrected chi connectivity index (χ4v) is 2.79. The van der Waals surface area contributed by atoms with Crippen LogP contribution in [0.1, 0.15) is 36.6 Å². The van der Waals surface area contributed by atoms with E-state index in [-0.39, 0.29) is 12.5 Å². The number of hydrogen-bond donors (Lipinski definition) is 1. The van der Waals surface area contributed by atoms with Gasteiger partial charge in [0.15, 0.2) is 0 Å². The van der Waals surface area contributed by atoms with Crippen molar-refractivity contribution < 1.29 is 27.5 Å². The number of alkyl carbamates (subject to hydrolysis) is 1. The second-order valence-corrected chi connectivity index (χ2v) is 6.76. The number of alkyl halides is 3. The van der Waals surface area contributed by atoms with Gasteiger partial charge in [-0.15, -0.1) is 0 Å². The third-order valence-electron chi connectivity index (χ3n) is 4.40. The monoisotopic (exact) mass is 393 g/mol. The third kappa shape index (κ3) is 5.84. The summed E-state index contributed by atoms with van der Waals surface area (Å²) in [6.07, 6.45) is -4.51. The van der Waals surface area contributed by atoms with Crippen molar-refractivity contribution in [2.45, 2.75) is 32.7 Å². The largest absolute Gasteiger partial charge is 0.445 e. The molecule has 150 valence electrons. The van der Waals surface area contributed by atoms with Gasteiger partial charge in [-0.1, -0.05) is 56.3 Å². The van der Waals surface area contributed by atoms with Gasteiger partial charge in [0.1, 0.15) is 12.9 Å². The summed E-state index contributed by atoms with van der Waals surface area (Å²) >= 11 is 0. The van der Waals surface area contributed by atoms with Gasteiger partial charge in [0.05, 0.1) is 11.6 Å². The number of ether oxygens (including phenoxy) is 1. The van der Waals surface area contributed by atoms with Crippen molar-refractivity contribution in [3.63, 3.8) is 0 Å². The van der Waals surface area contributed by atoms with Crippen LogP contribution >= 0.6 is 0 Å². The molecule has 0 aliphatic heterocycles. The summed E-state index contributed by atoms with van der Waals surface area (Å²) in [6.45, 7) is 3.64.